The monoisotopic (exact) mass is 285 g/mol. The van der Waals surface area contributed by atoms with E-state index >= 15 is 0 Å². The van der Waals surface area contributed by atoms with Crippen LogP contribution in [0.15, 0.2) is 42.5 Å². The van der Waals surface area contributed by atoms with Crippen molar-refractivity contribution in [2.24, 2.45) is 0 Å². The predicted molar refractivity (Wildman–Crippen MR) is 85.9 cm³/mol. The van der Waals surface area contributed by atoms with Gasteiger partial charge in [0.2, 0.25) is 0 Å². The Morgan fingerprint density at radius 3 is 2.33 bits per heavy atom. The van der Waals surface area contributed by atoms with E-state index in [9.17, 15) is 0 Å². The second-order valence-corrected chi connectivity index (χ2v) is 5.04. The molecule has 0 aliphatic carbocycles. The highest BCUT2D eigenvalue weighted by atomic mass is 16.5. The lowest BCUT2D eigenvalue weighted by Gasteiger charge is -2.11. The smallest absolute Gasteiger partial charge is 0.161 e. The highest BCUT2D eigenvalue weighted by Gasteiger charge is 2.04. The molecule has 0 unspecified atom stereocenters. The van der Waals surface area contributed by atoms with Crippen LogP contribution in [0.4, 0.5) is 0 Å². The molecule has 1 N–H and O–H groups in total. The number of benzene rings is 2. The van der Waals surface area contributed by atoms with Crippen LogP contribution in [-0.2, 0) is 13.2 Å². The molecule has 112 valence electrons. The van der Waals surface area contributed by atoms with Gasteiger partial charge in [0.1, 0.15) is 6.61 Å². The second-order valence-electron chi connectivity index (χ2n) is 5.04. The number of nitrogens with one attached hydrogen (secondary N) is 1. The Morgan fingerprint density at radius 2 is 1.67 bits per heavy atom. The van der Waals surface area contributed by atoms with Crippen LogP contribution in [0.5, 0.6) is 11.5 Å². The number of ether oxygens (including phenoxy) is 2. The van der Waals surface area contributed by atoms with Crippen molar-refractivity contribution in [1.29, 1.82) is 0 Å². The summed E-state index contributed by atoms with van der Waals surface area (Å²) in [5, 5.41) is 3.31. The van der Waals surface area contributed by atoms with Gasteiger partial charge in [-0.3, -0.25) is 0 Å². The van der Waals surface area contributed by atoms with Gasteiger partial charge in [-0.05, 0) is 42.3 Å². The first-order chi connectivity index (χ1) is 10.2. The van der Waals surface area contributed by atoms with E-state index in [0.717, 1.165) is 35.7 Å². The Balaban J connectivity index is 1.96. The SMILES string of the molecule is CCNCc1ccc(COc2ccc(C)cc2OC)cc1. The van der Waals surface area contributed by atoms with E-state index in [1.54, 1.807) is 7.11 Å². The number of rotatable bonds is 7. The largest absolute Gasteiger partial charge is 0.493 e. The molecule has 2 rings (SSSR count). The fourth-order valence-electron chi connectivity index (χ4n) is 2.08. The van der Waals surface area contributed by atoms with Crippen LogP contribution in [-0.4, -0.2) is 13.7 Å². The maximum Gasteiger partial charge on any atom is 0.161 e. The Bertz CT molecular complexity index is 564. The summed E-state index contributed by atoms with van der Waals surface area (Å²) in [4.78, 5) is 0. The molecule has 0 aromatic heterocycles. The van der Waals surface area contributed by atoms with Crippen LogP contribution in [0.3, 0.4) is 0 Å². The topological polar surface area (TPSA) is 30.5 Å². The quantitative estimate of drug-likeness (QED) is 0.841. The van der Waals surface area contributed by atoms with Crippen molar-refractivity contribution in [2.75, 3.05) is 13.7 Å². The van der Waals surface area contributed by atoms with Crippen molar-refractivity contribution in [3.05, 3.63) is 59.2 Å². The van der Waals surface area contributed by atoms with Gasteiger partial charge in [0.25, 0.3) is 0 Å². The number of hydrogen-bond acceptors (Lipinski definition) is 3. The summed E-state index contributed by atoms with van der Waals surface area (Å²) in [7, 11) is 1.66. The molecule has 0 aliphatic heterocycles. The highest BCUT2D eigenvalue weighted by Crippen LogP contribution is 2.28. The van der Waals surface area contributed by atoms with Gasteiger partial charge in [0, 0.05) is 6.54 Å². The zero-order valence-electron chi connectivity index (χ0n) is 13.0. The van der Waals surface area contributed by atoms with Crippen LogP contribution in [0.1, 0.15) is 23.6 Å². The van der Waals surface area contributed by atoms with Crippen molar-refractivity contribution >= 4 is 0 Å². The van der Waals surface area contributed by atoms with Crippen LogP contribution < -0.4 is 14.8 Å². The molecule has 0 atom stereocenters. The predicted octanol–water partition coefficient (Wildman–Crippen LogP) is 3.69. The van der Waals surface area contributed by atoms with E-state index in [2.05, 4.69) is 36.5 Å². The van der Waals surface area contributed by atoms with Gasteiger partial charge in [-0.15, -0.1) is 0 Å². The summed E-state index contributed by atoms with van der Waals surface area (Å²) in [6, 6.07) is 14.4. The van der Waals surface area contributed by atoms with Gasteiger partial charge in [-0.25, -0.2) is 0 Å². The lowest BCUT2D eigenvalue weighted by Crippen LogP contribution is -2.11. The summed E-state index contributed by atoms with van der Waals surface area (Å²) >= 11 is 0. The molecule has 0 fully saturated rings. The maximum atomic E-state index is 5.85. The number of hydrogen-bond donors (Lipinski definition) is 1. The molecule has 0 bridgehead atoms. The average Bonchev–Trinajstić information content (AvgIpc) is 2.52. The van der Waals surface area contributed by atoms with E-state index in [1.165, 1.54) is 5.56 Å². The summed E-state index contributed by atoms with van der Waals surface area (Å²) < 4.78 is 11.2. The fraction of sp³-hybridized carbons (Fsp3) is 0.333. The van der Waals surface area contributed by atoms with Crippen molar-refractivity contribution in [3.8, 4) is 11.5 Å². The van der Waals surface area contributed by atoms with Crippen molar-refractivity contribution in [1.82, 2.24) is 5.32 Å². The third-order valence-corrected chi connectivity index (χ3v) is 3.32. The molecule has 3 heteroatoms. The first kappa shape index (κ1) is 15.4. The van der Waals surface area contributed by atoms with Crippen LogP contribution >= 0.6 is 0 Å². The molecule has 0 aliphatic rings. The second kappa shape index (κ2) is 7.70. The molecule has 21 heavy (non-hydrogen) atoms. The molecular formula is C18H23NO2. The van der Waals surface area contributed by atoms with Crippen LogP contribution in [0, 0.1) is 6.92 Å². The third kappa shape index (κ3) is 4.50. The maximum absolute atomic E-state index is 5.85. The Labute approximate surface area is 126 Å². The Hall–Kier alpha value is -2.00. The first-order valence-corrected chi connectivity index (χ1v) is 7.29. The van der Waals surface area contributed by atoms with E-state index in [-0.39, 0.29) is 0 Å². The molecule has 3 nitrogen and oxygen atoms in total. The van der Waals surface area contributed by atoms with E-state index < -0.39 is 0 Å². The Kier molecular flexibility index (Phi) is 5.64. The lowest BCUT2D eigenvalue weighted by molar-refractivity contribution is 0.284. The molecule has 2 aromatic carbocycles. The third-order valence-electron chi connectivity index (χ3n) is 3.32. The number of methoxy groups -OCH3 is 1. The van der Waals surface area contributed by atoms with E-state index in [0.29, 0.717) is 6.61 Å². The summed E-state index contributed by atoms with van der Waals surface area (Å²) in [6.45, 7) is 6.58. The molecule has 0 spiro atoms. The van der Waals surface area contributed by atoms with Crippen molar-refractivity contribution in [3.63, 3.8) is 0 Å². The molecular weight excluding hydrogens is 262 g/mol. The van der Waals surface area contributed by atoms with Gasteiger partial charge in [-0.2, -0.15) is 0 Å². The van der Waals surface area contributed by atoms with Gasteiger partial charge >= 0.3 is 0 Å². The van der Waals surface area contributed by atoms with E-state index in [1.807, 2.05) is 25.1 Å². The standard InChI is InChI=1S/C18H23NO2/c1-4-19-12-15-6-8-16(9-7-15)13-21-17-10-5-14(2)11-18(17)20-3/h5-11,19H,4,12-13H2,1-3H3. The summed E-state index contributed by atoms with van der Waals surface area (Å²) in [5.41, 5.74) is 3.60. The summed E-state index contributed by atoms with van der Waals surface area (Å²) in [5.74, 6) is 1.55. The zero-order valence-corrected chi connectivity index (χ0v) is 13.0. The molecule has 0 saturated heterocycles. The lowest BCUT2D eigenvalue weighted by atomic mass is 10.1. The van der Waals surface area contributed by atoms with Crippen LogP contribution in [0.25, 0.3) is 0 Å². The minimum Gasteiger partial charge on any atom is -0.493 e. The van der Waals surface area contributed by atoms with E-state index in [4.69, 9.17) is 9.47 Å². The van der Waals surface area contributed by atoms with Gasteiger partial charge < -0.3 is 14.8 Å². The molecule has 0 heterocycles. The molecule has 0 radical (unpaired) electrons. The van der Waals surface area contributed by atoms with Gasteiger partial charge in [0.05, 0.1) is 7.11 Å². The van der Waals surface area contributed by atoms with Crippen molar-refractivity contribution in [2.45, 2.75) is 27.0 Å². The highest BCUT2D eigenvalue weighted by molar-refractivity contribution is 5.42. The zero-order chi connectivity index (χ0) is 15.1. The van der Waals surface area contributed by atoms with Crippen LogP contribution in [0.2, 0.25) is 0 Å². The minimum absolute atomic E-state index is 0.543. The first-order valence-electron chi connectivity index (χ1n) is 7.29. The normalized spacial score (nSPS) is 10.4. The van der Waals surface area contributed by atoms with Gasteiger partial charge in [0.15, 0.2) is 11.5 Å². The van der Waals surface area contributed by atoms with Crippen molar-refractivity contribution < 1.29 is 9.47 Å². The molecule has 2 aromatic rings. The minimum atomic E-state index is 0.543. The Morgan fingerprint density at radius 1 is 0.952 bits per heavy atom. The molecule has 0 amide bonds. The number of aryl methyl sites for hydroxylation is 1. The fourth-order valence-corrected chi connectivity index (χ4v) is 2.08. The summed E-state index contributed by atoms with van der Waals surface area (Å²) in [6.07, 6.45) is 0. The average molecular weight is 285 g/mol. The van der Waals surface area contributed by atoms with Gasteiger partial charge in [-0.1, -0.05) is 37.3 Å². The molecule has 0 saturated carbocycles.